The predicted octanol–water partition coefficient (Wildman–Crippen LogP) is 2.00. The van der Waals surface area contributed by atoms with Gasteiger partial charge in [0, 0.05) is 23.7 Å². The Morgan fingerprint density at radius 3 is 2.62 bits per heavy atom. The highest BCUT2D eigenvalue weighted by Gasteiger charge is 2.29. The molecule has 0 saturated carbocycles. The van der Waals surface area contributed by atoms with Crippen molar-refractivity contribution in [3.8, 4) is 0 Å². The summed E-state index contributed by atoms with van der Waals surface area (Å²) in [5, 5.41) is 3.30. The van der Waals surface area contributed by atoms with Crippen LogP contribution in [0.2, 0.25) is 0 Å². The molecule has 0 bridgehead atoms. The van der Waals surface area contributed by atoms with Crippen LogP contribution >= 0.6 is 11.8 Å². The van der Waals surface area contributed by atoms with E-state index in [2.05, 4.69) is 10.3 Å². The van der Waals surface area contributed by atoms with Gasteiger partial charge in [-0.1, -0.05) is 30.0 Å². The van der Waals surface area contributed by atoms with E-state index >= 15 is 0 Å². The summed E-state index contributed by atoms with van der Waals surface area (Å²) in [6, 6.07) is 12.6. The van der Waals surface area contributed by atoms with Gasteiger partial charge in [0.05, 0.1) is 23.6 Å². The van der Waals surface area contributed by atoms with Crippen LogP contribution in [0.3, 0.4) is 0 Å². The summed E-state index contributed by atoms with van der Waals surface area (Å²) in [6.45, 7) is 2.02. The van der Waals surface area contributed by atoms with Crippen molar-refractivity contribution in [1.82, 2.24) is 15.2 Å². The second-order valence-electron chi connectivity index (χ2n) is 6.76. The number of benzene rings is 1. The molecule has 1 aromatic carbocycles. The first-order valence-corrected chi connectivity index (χ1v) is 12.0. The standard InChI is InChI=1S/C20H23N3O4S2/c1-2-23(13-18(24)22-15-10-12-29(26,27)14-15)20(25)17-9-6-11-21-19(17)28-16-7-4-3-5-8-16/h3-9,11,15H,2,10,12-14H2,1H3,(H,22,24)/t15-/m0/s1. The Balaban J connectivity index is 1.68. The van der Waals surface area contributed by atoms with Crippen LogP contribution in [0.1, 0.15) is 23.7 Å². The number of carbonyl (C=O) groups is 2. The molecule has 3 rings (SSSR count). The summed E-state index contributed by atoms with van der Waals surface area (Å²) < 4.78 is 23.1. The summed E-state index contributed by atoms with van der Waals surface area (Å²) in [5.74, 6) is -0.597. The Kier molecular flexibility index (Phi) is 6.92. The van der Waals surface area contributed by atoms with E-state index in [0.717, 1.165) is 4.90 Å². The first-order valence-electron chi connectivity index (χ1n) is 9.35. The summed E-state index contributed by atoms with van der Waals surface area (Å²) >= 11 is 1.39. The van der Waals surface area contributed by atoms with E-state index in [1.807, 2.05) is 30.3 Å². The van der Waals surface area contributed by atoms with Gasteiger partial charge >= 0.3 is 0 Å². The van der Waals surface area contributed by atoms with Crippen LogP contribution in [0.15, 0.2) is 58.6 Å². The van der Waals surface area contributed by atoms with Crippen LogP contribution < -0.4 is 5.32 Å². The molecular formula is C20H23N3O4S2. The van der Waals surface area contributed by atoms with Gasteiger partial charge in [-0.05, 0) is 37.6 Å². The van der Waals surface area contributed by atoms with Gasteiger partial charge in [-0.3, -0.25) is 9.59 Å². The molecule has 1 aliphatic rings. The number of nitrogens with zero attached hydrogens (tertiary/aromatic N) is 2. The van der Waals surface area contributed by atoms with Crippen molar-refractivity contribution in [3.63, 3.8) is 0 Å². The Hall–Kier alpha value is -2.39. The van der Waals surface area contributed by atoms with Crippen molar-refractivity contribution in [1.29, 1.82) is 0 Å². The molecule has 1 saturated heterocycles. The highest BCUT2D eigenvalue weighted by molar-refractivity contribution is 7.99. The van der Waals surface area contributed by atoms with Gasteiger partial charge in [0.15, 0.2) is 9.84 Å². The van der Waals surface area contributed by atoms with Crippen molar-refractivity contribution < 1.29 is 18.0 Å². The number of hydrogen-bond donors (Lipinski definition) is 1. The second kappa shape index (κ2) is 9.41. The van der Waals surface area contributed by atoms with Crippen LogP contribution in [0, 0.1) is 0 Å². The molecule has 1 aliphatic heterocycles. The fourth-order valence-electron chi connectivity index (χ4n) is 3.09. The lowest BCUT2D eigenvalue weighted by Gasteiger charge is -2.22. The Labute approximate surface area is 174 Å². The van der Waals surface area contributed by atoms with Crippen LogP contribution in [0.5, 0.6) is 0 Å². The lowest BCUT2D eigenvalue weighted by molar-refractivity contribution is -0.122. The molecule has 0 radical (unpaired) electrons. The zero-order chi connectivity index (χ0) is 20.9. The minimum absolute atomic E-state index is 0.0424. The summed E-state index contributed by atoms with van der Waals surface area (Å²) in [5.41, 5.74) is 0.430. The molecule has 2 heterocycles. The number of sulfone groups is 1. The van der Waals surface area contributed by atoms with Gasteiger partial charge in [-0.15, -0.1) is 0 Å². The molecule has 0 spiro atoms. The molecular weight excluding hydrogens is 410 g/mol. The summed E-state index contributed by atoms with van der Waals surface area (Å²) in [6.07, 6.45) is 2.04. The van der Waals surface area contributed by atoms with Gasteiger partial charge in [0.1, 0.15) is 5.03 Å². The maximum absolute atomic E-state index is 13.1. The first kappa shape index (κ1) is 21.3. The van der Waals surface area contributed by atoms with Gasteiger partial charge in [-0.2, -0.15) is 0 Å². The number of carbonyl (C=O) groups excluding carboxylic acids is 2. The van der Waals surface area contributed by atoms with E-state index in [0.29, 0.717) is 23.6 Å². The Morgan fingerprint density at radius 1 is 1.21 bits per heavy atom. The van der Waals surface area contributed by atoms with Crippen molar-refractivity contribution in [3.05, 3.63) is 54.2 Å². The molecule has 1 N–H and O–H groups in total. The number of aromatic nitrogens is 1. The zero-order valence-electron chi connectivity index (χ0n) is 16.1. The van der Waals surface area contributed by atoms with Gasteiger partial charge in [-0.25, -0.2) is 13.4 Å². The van der Waals surface area contributed by atoms with E-state index in [9.17, 15) is 18.0 Å². The molecule has 29 heavy (non-hydrogen) atoms. The van der Waals surface area contributed by atoms with Gasteiger partial charge < -0.3 is 10.2 Å². The number of nitrogens with one attached hydrogen (secondary N) is 1. The second-order valence-corrected chi connectivity index (χ2v) is 10.0. The topological polar surface area (TPSA) is 96.4 Å². The summed E-state index contributed by atoms with van der Waals surface area (Å²) in [4.78, 5) is 32.2. The van der Waals surface area contributed by atoms with E-state index in [1.165, 1.54) is 16.7 Å². The number of hydrogen-bond acceptors (Lipinski definition) is 6. The molecule has 0 unspecified atom stereocenters. The monoisotopic (exact) mass is 433 g/mol. The number of likely N-dealkylation sites (N-methyl/N-ethyl adjacent to an activating group) is 1. The summed E-state index contributed by atoms with van der Waals surface area (Å²) in [7, 11) is -3.08. The number of pyridine rings is 1. The van der Waals surface area contributed by atoms with Crippen LogP contribution in [-0.2, 0) is 14.6 Å². The van der Waals surface area contributed by atoms with E-state index in [4.69, 9.17) is 0 Å². The van der Waals surface area contributed by atoms with E-state index in [-0.39, 0.29) is 35.9 Å². The Bertz CT molecular complexity index is 980. The average Bonchev–Trinajstić information content (AvgIpc) is 3.05. The molecule has 1 fully saturated rings. The van der Waals surface area contributed by atoms with Crippen LogP contribution in [0.25, 0.3) is 0 Å². The largest absolute Gasteiger partial charge is 0.351 e. The normalized spacial score (nSPS) is 17.6. The molecule has 0 aliphatic carbocycles. The molecule has 2 amide bonds. The maximum Gasteiger partial charge on any atom is 0.257 e. The van der Waals surface area contributed by atoms with Gasteiger partial charge in [0.25, 0.3) is 5.91 Å². The molecule has 9 heteroatoms. The molecule has 154 valence electrons. The van der Waals surface area contributed by atoms with Crippen molar-refractivity contribution >= 4 is 33.4 Å². The van der Waals surface area contributed by atoms with E-state index < -0.39 is 9.84 Å². The zero-order valence-corrected chi connectivity index (χ0v) is 17.7. The molecule has 1 aromatic heterocycles. The van der Waals surface area contributed by atoms with Crippen LogP contribution in [0.4, 0.5) is 0 Å². The fraction of sp³-hybridized carbons (Fsp3) is 0.350. The third kappa shape index (κ3) is 5.80. The highest BCUT2D eigenvalue weighted by Crippen LogP contribution is 2.29. The molecule has 1 atom stereocenters. The quantitative estimate of drug-likeness (QED) is 0.717. The lowest BCUT2D eigenvalue weighted by atomic mass is 10.2. The third-order valence-corrected chi connectivity index (χ3v) is 7.35. The highest BCUT2D eigenvalue weighted by atomic mass is 32.2. The van der Waals surface area contributed by atoms with Crippen LogP contribution in [-0.4, -0.2) is 60.8 Å². The third-order valence-electron chi connectivity index (χ3n) is 4.56. The number of rotatable bonds is 7. The van der Waals surface area contributed by atoms with E-state index in [1.54, 1.807) is 25.3 Å². The first-order chi connectivity index (χ1) is 13.9. The minimum atomic E-state index is -3.08. The van der Waals surface area contributed by atoms with Gasteiger partial charge in [0.2, 0.25) is 5.91 Å². The molecule has 7 nitrogen and oxygen atoms in total. The Morgan fingerprint density at radius 2 is 1.97 bits per heavy atom. The fourth-order valence-corrected chi connectivity index (χ4v) is 5.66. The van der Waals surface area contributed by atoms with Crippen molar-refractivity contribution in [2.75, 3.05) is 24.6 Å². The maximum atomic E-state index is 13.1. The molecule has 2 aromatic rings. The average molecular weight is 434 g/mol. The predicted molar refractivity (Wildman–Crippen MR) is 112 cm³/mol. The van der Waals surface area contributed by atoms with Crippen molar-refractivity contribution in [2.45, 2.75) is 29.3 Å². The minimum Gasteiger partial charge on any atom is -0.351 e. The number of amides is 2. The lowest BCUT2D eigenvalue weighted by Crippen LogP contribution is -2.44. The SMILES string of the molecule is CCN(CC(=O)N[C@H]1CCS(=O)(=O)C1)C(=O)c1cccnc1Sc1ccccc1. The smallest absolute Gasteiger partial charge is 0.257 e. The van der Waals surface area contributed by atoms with Crippen molar-refractivity contribution in [2.24, 2.45) is 0 Å².